The lowest BCUT2D eigenvalue weighted by Gasteiger charge is -2.22. The number of aliphatic imine (C=N–C) groups is 2. The van der Waals surface area contributed by atoms with Crippen LogP contribution in [0.25, 0.3) is 0 Å². The largest absolute Gasteiger partial charge is 0.356 e. The number of nitrogens with zero attached hydrogens (tertiary/aromatic N) is 2. The number of rotatable bonds is 29. The lowest BCUT2D eigenvalue weighted by Crippen LogP contribution is -2.50. The van der Waals surface area contributed by atoms with Crippen molar-refractivity contribution < 1.29 is 14.4 Å². The zero-order valence-corrected chi connectivity index (χ0v) is 27.1. The summed E-state index contributed by atoms with van der Waals surface area (Å²) in [7, 11) is 0. The van der Waals surface area contributed by atoms with Gasteiger partial charge in [-0.3, -0.25) is 24.4 Å². The number of hydrogen-bond acceptors (Lipinski definition) is 8. The molecule has 0 saturated heterocycles. The number of carbonyl (C=O) groups is 3. The van der Waals surface area contributed by atoms with Gasteiger partial charge in [-0.05, 0) is 50.9 Å². The molecule has 0 aromatic rings. The van der Waals surface area contributed by atoms with Crippen LogP contribution >= 0.6 is 0 Å². The number of amides is 3. The average molecular weight is 611 g/mol. The second-order valence-corrected chi connectivity index (χ2v) is 11.4. The molecule has 0 spiro atoms. The van der Waals surface area contributed by atoms with E-state index in [1.807, 2.05) is 13.8 Å². The fourth-order valence-electron chi connectivity index (χ4n) is 4.56. The zero-order chi connectivity index (χ0) is 32.0. The maximum absolute atomic E-state index is 12.9. The van der Waals surface area contributed by atoms with Crippen molar-refractivity contribution in [1.82, 2.24) is 32.1 Å². The molecular formula is C30H62N10O3. The molecule has 43 heavy (non-hydrogen) atoms. The molecule has 13 heteroatoms. The van der Waals surface area contributed by atoms with E-state index < -0.39 is 6.04 Å². The highest BCUT2D eigenvalue weighted by atomic mass is 16.2. The molecule has 10 N–H and O–H groups in total. The first kappa shape index (κ1) is 40.2. The van der Waals surface area contributed by atoms with Gasteiger partial charge in [0.15, 0.2) is 0 Å². The predicted octanol–water partition coefficient (Wildman–Crippen LogP) is 1.78. The van der Waals surface area contributed by atoms with Gasteiger partial charge >= 0.3 is 0 Å². The molecule has 0 aliphatic rings. The van der Waals surface area contributed by atoms with Crippen molar-refractivity contribution in [1.29, 1.82) is 0 Å². The highest BCUT2D eigenvalue weighted by molar-refractivity contribution is 5.88. The lowest BCUT2D eigenvalue weighted by atomic mass is 10.0. The van der Waals surface area contributed by atoms with E-state index in [1.54, 1.807) is 0 Å². The lowest BCUT2D eigenvalue weighted by molar-refractivity contribution is -0.129. The summed E-state index contributed by atoms with van der Waals surface area (Å²) >= 11 is 0. The Bertz CT molecular complexity index is 764. The molecule has 3 amide bonds. The van der Waals surface area contributed by atoms with Gasteiger partial charge in [-0.25, -0.2) is 11.7 Å². The van der Waals surface area contributed by atoms with Crippen molar-refractivity contribution in [2.24, 2.45) is 27.6 Å². The van der Waals surface area contributed by atoms with Gasteiger partial charge in [0.25, 0.3) is 0 Å². The molecule has 0 saturated carbocycles. The van der Waals surface area contributed by atoms with Gasteiger partial charge in [-0.1, -0.05) is 59.3 Å². The zero-order valence-electron chi connectivity index (χ0n) is 27.1. The van der Waals surface area contributed by atoms with Crippen LogP contribution in [0.2, 0.25) is 0 Å². The van der Waals surface area contributed by atoms with Crippen molar-refractivity contribution >= 4 is 30.4 Å². The fraction of sp³-hybridized carbons (Fsp3) is 0.833. The quantitative estimate of drug-likeness (QED) is 0.0206. The smallest absolute Gasteiger partial charge is 0.242 e. The topological polar surface area (TPSA) is 200 Å². The number of carbonyl (C=O) groups excluding carboxylic acids is 3. The van der Waals surface area contributed by atoms with E-state index in [0.717, 1.165) is 51.4 Å². The molecule has 250 valence electrons. The summed E-state index contributed by atoms with van der Waals surface area (Å²) in [5, 5.41) is 12.1. The van der Waals surface area contributed by atoms with Crippen LogP contribution in [0.15, 0.2) is 9.98 Å². The maximum Gasteiger partial charge on any atom is 0.242 e. The van der Waals surface area contributed by atoms with Crippen LogP contribution in [0.4, 0.5) is 0 Å². The number of nitrogens with two attached hydrogens (primary N) is 2. The minimum absolute atomic E-state index is 0.0173. The molecule has 0 aromatic carbocycles. The third kappa shape index (κ3) is 26.6. The first-order valence-electron chi connectivity index (χ1n) is 16.3. The maximum atomic E-state index is 12.9. The standard InChI is InChI=1S/C30H62N10O3/c1-4-5-6-7-8-10-15-26(21-28(41)35-18-12-9-11-16-33-23-38-31)37-22-29(42)40-27(20-25(2)3)30(43)36-19-14-13-17-34-24-39-32/h23-27,37H,4-22,31-32H2,1-3H3,(H,33,38)(H,34,39)(H,35,41)(H,36,43)(H,40,42). The highest BCUT2D eigenvalue weighted by Gasteiger charge is 2.22. The van der Waals surface area contributed by atoms with E-state index in [-0.39, 0.29) is 36.2 Å². The van der Waals surface area contributed by atoms with Gasteiger partial charge in [0, 0.05) is 38.6 Å². The van der Waals surface area contributed by atoms with E-state index in [9.17, 15) is 14.4 Å². The summed E-state index contributed by atoms with van der Waals surface area (Å²) in [6, 6.07) is -0.712. The Hall–Kier alpha value is -2.77. The van der Waals surface area contributed by atoms with Crippen LogP contribution in [0.1, 0.15) is 111 Å². The van der Waals surface area contributed by atoms with Gasteiger partial charge in [-0.2, -0.15) is 0 Å². The number of hydrazine groups is 2. The predicted molar refractivity (Wildman–Crippen MR) is 176 cm³/mol. The molecule has 0 rings (SSSR count). The molecule has 13 nitrogen and oxygen atoms in total. The Morgan fingerprint density at radius 1 is 0.744 bits per heavy atom. The Balaban J connectivity index is 4.75. The second-order valence-electron chi connectivity index (χ2n) is 11.4. The summed E-state index contributed by atoms with van der Waals surface area (Å²) in [5.74, 6) is 10.1. The summed E-state index contributed by atoms with van der Waals surface area (Å²) in [6.07, 6.45) is 15.9. The van der Waals surface area contributed by atoms with E-state index in [0.29, 0.717) is 39.0 Å². The summed E-state index contributed by atoms with van der Waals surface area (Å²) in [4.78, 5) is 46.5. The molecule has 0 bridgehead atoms. The minimum Gasteiger partial charge on any atom is -0.356 e. The Morgan fingerprint density at radius 2 is 1.33 bits per heavy atom. The van der Waals surface area contributed by atoms with Crippen LogP contribution in [0.5, 0.6) is 0 Å². The molecule has 0 aliphatic carbocycles. The van der Waals surface area contributed by atoms with Crippen molar-refractivity contribution in [2.75, 3.05) is 32.7 Å². The molecule has 0 aromatic heterocycles. The average Bonchev–Trinajstić information content (AvgIpc) is 2.97. The normalized spacial score (nSPS) is 12.9. The van der Waals surface area contributed by atoms with E-state index in [4.69, 9.17) is 11.7 Å². The number of hydrogen-bond donors (Lipinski definition) is 8. The van der Waals surface area contributed by atoms with E-state index >= 15 is 0 Å². The molecule has 0 aliphatic heterocycles. The molecule has 0 heterocycles. The van der Waals surface area contributed by atoms with Crippen molar-refractivity contribution in [3.63, 3.8) is 0 Å². The highest BCUT2D eigenvalue weighted by Crippen LogP contribution is 2.11. The van der Waals surface area contributed by atoms with Crippen LogP contribution in [0.3, 0.4) is 0 Å². The molecular weight excluding hydrogens is 548 g/mol. The summed E-state index contributed by atoms with van der Waals surface area (Å²) in [6.45, 7) is 8.76. The van der Waals surface area contributed by atoms with E-state index in [2.05, 4.69) is 49.0 Å². The Morgan fingerprint density at radius 3 is 1.98 bits per heavy atom. The van der Waals surface area contributed by atoms with Crippen LogP contribution in [-0.4, -0.2) is 75.2 Å². The third-order valence-electron chi connectivity index (χ3n) is 6.88. The van der Waals surface area contributed by atoms with Crippen LogP contribution < -0.4 is 43.8 Å². The Kier molecular flexibility index (Phi) is 27.4. The van der Waals surface area contributed by atoms with Gasteiger partial charge in [0.1, 0.15) is 6.04 Å². The Labute approximate surface area is 260 Å². The van der Waals surface area contributed by atoms with E-state index in [1.165, 1.54) is 38.4 Å². The SMILES string of the molecule is CCCCCCCCC(CC(=O)NCCCCCN=CNN)NCC(=O)NC(CC(C)C)C(=O)NCCCCN=CNN. The monoisotopic (exact) mass is 611 g/mol. The van der Waals surface area contributed by atoms with Gasteiger partial charge in [0.05, 0.1) is 19.2 Å². The van der Waals surface area contributed by atoms with Crippen molar-refractivity contribution in [3.05, 3.63) is 0 Å². The van der Waals surface area contributed by atoms with Gasteiger partial charge in [0.2, 0.25) is 17.7 Å². The molecule has 0 radical (unpaired) electrons. The third-order valence-corrected chi connectivity index (χ3v) is 6.88. The second kappa shape index (κ2) is 29.3. The molecule has 2 atom stereocenters. The fourth-order valence-corrected chi connectivity index (χ4v) is 4.56. The van der Waals surface area contributed by atoms with Crippen LogP contribution in [0, 0.1) is 5.92 Å². The van der Waals surface area contributed by atoms with Gasteiger partial charge in [-0.15, -0.1) is 0 Å². The van der Waals surface area contributed by atoms with Crippen LogP contribution in [-0.2, 0) is 14.4 Å². The molecule has 0 fully saturated rings. The number of unbranched alkanes of at least 4 members (excludes halogenated alkanes) is 8. The minimum atomic E-state index is -0.605. The number of nitrogens with one attached hydrogen (secondary N) is 6. The summed E-state index contributed by atoms with van der Waals surface area (Å²) < 4.78 is 0. The molecule has 2 unspecified atom stereocenters. The first-order chi connectivity index (χ1) is 20.8. The van der Waals surface area contributed by atoms with Crippen molar-refractivity contribution in [3.8, 4) is 0 Å². The summed E-state index contributed by atoms with van der Waals surface area (Å²) in [5.41, 5.74) is 4.74. The van der Waals surface area contributed by atoms with Crippen molar-refractivity contribution in [2.45, 2.75) is 123 Å². The van der Waals surface area contributed by atoms with Gasteiger partial charge < -0.3 is 32.1 Å². The first-order valence-corrected chi connectivity index (χ1v) is 16.3.